The molecule has 2 aromatic rings. The Morgan fingerprint density at radius 1 is 1.47 bits per heavy atom. The molecule has 8 heteroatoms. The van der Waals surface area contributed by atoms with Crippen LogP contribution in [0.4, 0.5) is 0 Å². The molecule has 0 fully saturated rings. The predicted molar refractivity (Wildman–Crippen MR) is 69.4 cm³/mol. The third-order valence-corrected chi connectivity index (χ3v) is 3.72. The zero-order valence-corrected chi connectivity index (χ0v) is 11.9. The first kappa shape index (κ1) is 12.6. The molecule has 0 bridgehead atoms. The Morgan fingerprint density at radius 2 is 2.24 bits per heavy atom. The van der Waals surface area contributed by atoms with Gasteiger partial charge in [-0.05, 0) is 41.3 Å². The van der Waals surface area contributed by atoms with E-state index in [0.717, 1.165) is 15.0 Å². The summed E-state index contributed by atoms with van der Waals surface area (Å²) in [7, 11) is 0. The number of hydrazine groups is 1. The van der Waals surface area contributed by atoms with Gasteiger partial charge in [-0.2, -0.15) is 5.10 Å². The highest BCUT2D eigenvalue weighted by molar-refractivity contribution is 9.10. The minimum Gasteiger partial charge on any atom is -0.270 e. The molecule has 0 aliphatic heterocycles. The van der Waals surface area contributed by atoms with Crippen LogP contribution in [-0.4, -0.2) is 19.4 Å². The molecule has 2 rings (SSSR count). The molecule has 1 unspecified atom stereocenters. The van der Waals surface area contributed by atoms with E-state index in [-0.39, 0.29) is 12.1 Å². The third kappa shape index (κ3) is 2.39. The SMILES string of the molecule is CC(C)n1ncc(Br)c1C(NN)c1cnns1. The van der Waals surface area contributed by atoms with Gasteiger partial charge in [0.05, 0.1) is 27.4 Å². The van der Waals surface area contributed by atoms with Gasteiger partial charge in [-0.3, -0.25) is 10.5 Å². The Bertz CT molecular complexity index is 480. The van der Waals surface area contributed by atoms with E-state index in [1.165, 1.54) is 11.5 Å². The Kier molecular flexibility index (Phi) is 3.87. The van der Waals surface area contributed by atoms with Crippen LogP contribution in [0.3, 0.4) is 0 Å². The fraction of sp³-hybridized carbons (Fsp3) is 0.444. The number of halogens is 1. The van der Waals surface area contributed by atoms with Crippen molar-refractivity contribution in [2.45, 2.75) is 25.9 Å². The third-order valence-electron chi connectivity index (χ3n) is 2.38. The molecule has 92 valence electrons. The van der Waals surface area contributed by atoms with E-state index in [4.69, 9.17) is 5.84 Å². The highest BCUT2D eigenvalue weighted by atomic mass is 79.9. The molecule has 2 heterocycles. The van der Waals surface area contributed by atoms with Crippen molar-refractivity contribution in [3.8, 4) is 0 Å². The maximum Gasteiger partial charge on any atom is 0.101 e. The molecule has 2 aromatic heterocycles. The van der Waals surface area contributed by atoms with Gasteiger partial charge < -0.3 is 0 Å². The van der Waals surface area contributed by atoms with Crippen LogP contribution in [0.5, 0.6) is 0 Å². The van der Waals surface area contributed by atoms with Gasteiger partial charge in [0.15, 0.2) is 0 Å². The van der Waals surface area contributed by atoms with Gasteiger partial charge in [-0.15, -0.1) is 5.10 Å². The van der Waals surface area contributed by atoms with Crippen LogP contribution >= 0.6 is 27.5 Å². The first-order valence-corrected chi connectivity index (χ1v) is 6.68. The second kappa shape index (κ2) is 5.21. The maximum absolute atomic E-state index is 5.63. The van der Waals surface area contributed by atoms with Crippen molar-refractivity contribution < 1.29 is 0 Å². The van der Waals surface area contributed by atoms with Crippen LogP contribution in [0.1, 0.15) is 36.5 Å². The van der Waals surface area contributed by atoms with Crippen molar-refractivity contribution in [1.29, 1.82) is 0 Å². The molecule has 6 nitrogen and oxygen atoms in total. The highest BCUT2D eigenvalue weighted by Crippen LogP contribution is 2.30. The number of nitrogens with two attached hydrogens (primary N) is 1. The van der Waals surface area contributed by atoms with Gasteiger partial charge in [0.1, 0.15) is 6.04 Å². The zero-order chi connectivity index (χ0) is 12.4. The Hall–Kier alpha value is -0.830. The standard InChI is InChI=1S/C9H13BrN6S/c1-5(2)16-9(6(10)3-13-16)8(14-11)7-4-12-15-17-7/h3-5,8,14H,11H2,1-2H3. The summed E-state index contributed by atoms with van der Waals surface area (Å²) in [6.07, 6.45) is 3.48. The molecule has 1 atom stereocenters. The number of hydrogen-bond donors (Lipinski definition) is 2. The summed E-state index contributed by atoms with van der Waals surface area (Å²) < 4.78 is 6.70. The Balaban J connectivity index is 2.47. The second-order valence-corrected chi connectivity index (χ2v) is 5.51. The molecule has 0 radical (unpaired) electrons. The fourth-order valence-corrected chi connectivity index (χ4v) is 2.70. The molecular weight excluding hydrogens is 304 g/mol. The fourth-order valence-electron chi connectivity index (χ4n) is 1.63. The van der Waals surface area contributed by atoms with E-state index in [1.54, 1.807) is 12.4 Å². The van der Waals surface area contributed by atoms with E-state index in [2.05, 4.69) is 49.9 Å². The smallest absolute Gasteiger partial charge is 0.101 e. The van der Waals surface area contributed by atoms with E-state index in [9.17, 15) is 0 Å². The maximum atomic E-state index is 5.63. The molecule has 0 aliphatic carbocycles. The van der Waals surface area contributed by atoms with Crippen molar-refractivity contribution in [1.82, 2.24) is 24.8 Å². The lowest BCUT2D eigenvalue weighted by Crippen LogP contribution is -2.30. The number of hydrogen-bond acceptors (Lipinski definition) is 6. The van der Waals surface area contributed by atoms with Crippen molar-refractivity contribution >= 4 is 27.5 Å². The van der Waals surface area contributed by atoms with Crippen LogP contribution in [-0.2, 0) is 0 Å². The number of nitrogens with one attached hydrogen (secondary N) is 1. The monoisotopic (exact) mass is 316 g/mol. The Labute approximate surface area is 111 Å². The largest absolute Gasteiger partial charge is 0.270 e. The van der Waals surface area contributed by atoms with E-state index in [1.807, 2.05) is 4.68 Å². The van der Waals surface area contributed by atoms with Crippen LogP contribution in [0, 0.1) is 0 Å². The van der Waals surface area contributed by atoms with Crippen LogP contribution in [0.2, 0.25) is 0 Å². The van der Waals surface area contributed by atoms with Crippen molar-refractivity contribution in [3.63, 3.8) is 0 Å². The van der Waals surface area contributed by atoms with Gasteiger partial charge >= 0.3 is 0 Å². The predicted octanol–water partition coefficient (Wildman–Crippen LogP) is 1.63. The van der Waals surface area contributed by atoms with Gasteiger partial charge in [0, 0.05) is 6.04 Å². The highest BCUT2D eigenvalue weighted by Gasteiger charge is 2.23. The molecule has 0 saturated carbocycles. The molecular formula is C9H13BrN6S. The quantitative estimate of drug-likeness (QED) is 0.662. The summed E-state index contributed by atoms with van der Waals surface area (Å²) >= 11 is 4.81. The Morgan fingerprint density at radius 3 is 2.76 bits per heavy atom. The van der Waals surface area contributed by atoms with Crippen molar-refractivity contribution in [3.05, 3.63) is 27.4 Å². The molecule has 0 amide bonds. The van der Waals surface area contributed by atoms with Crippen molar-refractivity contribution in [2.75, 3.05) is 0 Å². The zero-order valence-electron chi connectivity index (χ0n) is 9.46. The van der Waals surface area contributed by atoms with Crippen LogP contribution in [0.25, 0.3) is 0 Å². The molecule has 0 aliphatic rings. The summed E-state index contributed by atoms with van der Waals surface area (Å²) in [6.45, 7) is 4.14. The van der Waals surface area contributed by atoms with Gasteiger partial charge in [0.25, 0.3) is 0 Å². The number of nitrogens with zero attached hydrogens (tertiary/aromatic N) is 4. The summed E-state index contributed by atoms with van der Waals surface area (Å²) in [5.41, 5.74) is 3.76. The minimum atomic E-state index is -0.158. The normalized spacial score (nSPS) is 13.2. The lowest BCUT2D eigenvalue weighted by Gasteiger charge is -2.18. The first-order chi connectivity index (χ1) is 8.15. The summed E-state index contributed by atoms with van der Waals surface area (Å²) in [4.78, 5) is 0.954. The molecule has 0 aromatic carbocycles. The number of aromatic nitrogens is 4. The average molecular weight is 317 g/mol. The van der Waals surface area contributed by atoms with Gasteiger partial charge in [-0.1, -0.05) is 4.49 Å². The van der Waals surface area contributed by atoms with Crippen LogP contribution in [0.15, 0.2) is 16.9 Å². The molecule has 17 heavy (non-hydrogen) atoms. The number of rotatable bonds is 4. The topological polar surface area (TPSA) is 81.7 Å². The minimum absolute atomic E-state index is 0.158. The lowest BCUT2D eigenvalue weighted by molar-refractivity contribution is 0.477. The van der Waals surface area contributed by atoms with Gasteiger partial charge in [0.2, 0.25) is 0 Å². The van der Waals surface area contributed by atoms with Gasteiger partial charge in [-0.25, -0.2) is 5.43 Å². The van der Waals surface area contributed by atoms with Crippen molar-refractivity contribution in [2.24, 2.45) is 5.84 Å². The van der Waals surface area contributed by atoms with E-state index < -0.39 is 0 Å². The summed E-state index contributed by atoms with van der Waals surface area (Å²) in [5.74, 6) is 5.63. The first-order valence-electron chi connectivity index (χ1n) is 5.11. The summed E-state index contributed by atoms with van der Waals surface area (Å²) in [6, 6.07) is 0.0994. The van der Waals surface area contributed by atoms with Crippen LogP contribution < -0.4 is 11.3 Å². The average Bonchev–Trinajstić information content (AvgIpc) is 2.91. The second-order valence-electron chi connectivity index (χ2n) is 3.84. The molecule has 3 N–H and O–H groups in total. The lowest BCUT2D eigenvalue weighted by atomic mass is 10.2. The van der Waals surface area contributed by atoms with E-state index >= 15 is 0 Å². The summed E-state index contributed by atoms with van der Waals surface area (Å²) in [5, 5.41) is 8.17. The molecule has 0 spiro atoms. The molecule has 0 saturated heterocycles. The van der Waals surface area contributed by atoms with E-state index in [0.29, 0.717) is 0 Å².